The number of benzene rings is 1. The summed E-state index contributed by atoms with van der Waals surface area (Å²) in [6, 6.07) is 8.84. The van der Waals surface area contributed by atoms with Gasteiger partial charge in [-0.15, -0.1) is 0 Å². The summed E-state index contributed by atoms with van der Waals surface area (Å²) >= 11 is 0. The van der Waals surface area contributed by atoms with Crippen LogP contribution in [0.2, 0.25) is 0 Å². The van der Waals surface area contributed by atoms with Gasteiger partial charge >= 0.3 is 0 Å². The molecule has 0 spiro atoms. The Balaban J connectivity index is 1.80. The van der Waals surface area contributed by atoms with Gasteiger partial charge < -0.3 is 19.6 Å². The third-order valence-electron chi connectivity index (χ3n) is 3.20. The van der Waals surface area contributed by atoms with Crippen molar-refractivity contribution in [2.24, 2.45) is 0 Å². The molecule has 118 valence electrons. The van der Waals surface area contributed by atoms with Crippen LogP contribution >= 0.6 is 0 Å². The third kappa shape index (κ3) is 4.63. The molecule has 5 heteroatoms. The first kappa shape index (κ1) is 16.1. The lowest BCUT2D eigenvalue weighted by Crippen LogP contribution is -2.31. The van der Waals surface area contributed by atoms with Crippen LogP contribution in [0.5, 0.6) is 5.75 Å². The second kappa shape index (κ2) is 7.66. The SMILES string of the molecule is Cc1cc(C)cc(OCCC(=O)NC(CO)c2ccco2)c1. The van der Waals surface area contributed by atoms with Gasteiger partial charge in [0.15, 0.2) is 0 Å². The van der Waals surface area contributed by atoms with Crippen LogP contribution < -0.4 is 10.1 Å². The number of aryl methyl sites for hydroxylation is 2. The van der Waals surface area contributed by atoms with Crippen LogP contribution in [0.4, 0.5) is 0 Å². The molecule has 0 aliphatic carbocycles. The van der Waals surface area contributed by atoms with E-state index in [2.05, 4.69) is 11.4 Å². The van der Waals surface area contributed by atoms with Crippen molar-refractivity contribution >= 4 is 5.91 Å². The number of hydrogen-bond donors (Lipinski definition) is 2. The Labute approximate surface area is 129 Å². The van der Waals surface area contributed by atoms with Gasteiger partial charge in [-0.2, -0.15) is 0 Å². The fraction of sp³-hybridized carbons (Fsp3) is 0.353. The predicted molar refractivity (Wildman–Crippen MR) is 82.7 cm³/mol. The molecule has 1 amide bonds. The van der Waals surface area contributed by atoms with Gasteiger partial charge in [0.2, 0.25) is 5.91 Å². The molecule has 0 aliphatic rings. The quantitative estimate of drug-likeness (QED) is 0.824. The van der Waals surface area contributed by atoms with E-state index < -0.39 is 6.04 Å². The normalized spacial score (nSPS) is 12.0. The number of aliphatic hydroxyl groups is 1. The third-order valence-corrected chi connectivity index (χ3v) is 3.20. The maximum atomic E-state index is 11.9. The average Bonchev–Trinajstić information content (AvgIpc) is 2.97. The smallest absolute Gasteiger partial charge is 0.224 e. The Morgan fingerprint density at radius 2 is 2.05 bits per heavy atom. The van der Waals surface area contributed by atoms with Gasteiger partial charge in [0.05, 0.1) is 25.9 Å². The fourth-order valence-corrected chi connectivity index (χ4v) is 2.24. The Hall–Kier alpha value is -2.27. The Morgan fingerprint density at radius 1 is 1.32 bits per heavy atom. The minimum Gasteiger partial charge on any atom is -0.493 e. The van der Waals surface area contributed by atoms with Gasteiger partial charge in [-0.25, -0.2) is 0 Å². The standard InChI is InChI=1S/C17H21NO4/c1-12-8-13(2)10-14(9-12)21-7-5-17(20)18-15(11-19)16-4-3-6-22-16/h3-4,6,8-10,15,19H,5,7,11H2,1-2H3,(H,18,20). The number of aliphatic hydroxyl groups excluding tert-OH is 1. The molecule has 5 nitrogen and oxygen atoms in total. The van der Waals surface area contributed by atoms with Crippen LogP contribution in [0.3, 0.4) is 0 Å². The van der Waals surface area contributed by atoms with Crippen molar-refractivity contribution in [1.82, 2.24) is 5.32 Å². The van der Waals surface area contributed by atoms with E-state index in [9.17, 15) is 9.90 Å². The maximum Gasteiger partial charge on any atom is 0.224 e. The van der Waals surface area contributed by atoms with E-state index in [0.29, 0.717) is 5.76 Å². The van der Waals surface area contributed by atoms with Crippen molar-refractivity contribution in [3.8, 4) is 5.75 Å². The van der Waals surface area contributed by atoms with Gasteiger partial charge in [0, 0.05) is 0 Å². The first-order valence-electron chi connectivity index (χ1n) is 7.23. The first-order chi connectivity index (χ1) is 10.6. The fourth-order valence-electron chi connectivity index (χ4n) is 2.24. The molecule has 0 saturated carbocycles. The van der Waals surface area contributed by atoms with E-state index in [1.165, 1.54) is 6.26 Å². The number of hydrogen-bond acceptors (Lipinski definition) is 4. The molecule has 0 radical (unpaired) electrons. The summed E-state index contributed by atoms with van der Waals surface area (Å²) < 4.78 is 10.8. The average molecular weight is 303 g/mol. The van der Waals surface area contributed by atoms with E-state index in [1.807, 2.05) is 26.0 Å². The lowest BCUT2D eigenvalue weighted by atomic mass is 10.1. The molecule has 1 aromatic heterocycles. The summed E-state index contributed by atoms with van der Waals surface area (Å²) in [5, 5.41) is 12.0. The maximum absolute atomic E-state index is 11.9. The number of carbonyl (C=O) groups is 1. The monoisotopic (exact) mass is 303 g/mol. The minimum atomic E-state index is -0.524. The predicted octanol–water partition coefficient (Wildman–Crippen LogP) is 2.52. The second-order valence-corrected chi connectivity index (χ2v) is 5.24. The van der Waals surface area contributed by atoms with Gasteiger partial charge in [-0.1, -0.05) is 6.07 Å². The van der Waals surface area contributed by atoms with Gasteiger partial charge in [0.25, 0.3) is 0 Å². The van der Waals surface area contributed by atoms with E-state index >= 15 is 0 Å². The van der Waals surface area contributed by atoms with E-state index in [1.54, 1.807) is 12.1 Å². The number of furan rings is 1. The largest absolute Gasteiger partial charge is 0.493 e. The highest BCUT2D eigenvalue weighted by Gasteiger charge is 2.15. The van der Waals surface area contributed by atoms with Gasteiger partial charge in [-0.3, -0.25) is 4.79 Å². The molecule has 2 rings (SSSR count). The number of carbonyl (C=O) groups excluding carboxylic acids is 1. The van der Waals surface area contributed by atoms with Crippen LogP contribution in [0.25, 0.3) is 0 Å². The summed E-state index contributed by atoms with van der Waals surface area (Å²) in [7, 11) is 0. The second-order valence-electron chi connectivity index (χ2n) is 5.24. The number of ether oxygens (including phenoxy) is 1. The topological polar surface area (TPSA) is 71.7 Å². The zero-order valence-corrected chi connectivity index (χ0v) is 12.8. The Morgan fingerprint density at radius 3 is 2.64 bits per heavy atom. The summed E-state index contributed by atoms with van der Waals surface area (Å²) in [6.07, 6.45) is 1.72. The molecule has 0 saturated heterocycles. The Kier molecular flexibility index (Phi) is 5.61. The number of nitrogens with one attached hydrogen (secondary N) is 1. The molecule has 1 atom stereocenters. The van der Waals surface area contributed by atoms with E-state index in [4.69, 9.17) is 9.15 Å². The summed E-state index contributed by atoms with van der Waals surface area (Å²) in [5.74, 6) is 1.10. The molecular formula is C17H21NO4. The molecule has 0 bridgehead atoms. The molecule has 0 fully saturated rings. The van der Waals surface area contributed by atoms with Crippen LogP contribution in [-0.4, -0.2) is 24.2 Å². The van der Waals surface area contributed by atoms with Crippen molar-refractivity contribution in [1.29, 1.82) is 0 Å². The Bertz CT molecular complexity index is 587. The molecule has 1 aromatic carbocycles. The molecule has 0 aliphatic heterocycles. The zero-order chi connectivity index (χ0) is 15.9. The molecule has 2 N–H and O–H groups in total. The number of amides is 1. The van der Waals surface area contributed by atoms with Crippen molar-refractivity contribution in [2.45, 2.75) is 26.3 Å². The summed E-state index contributed by atoms with van der Waals surface area (Å²) in [4.78, 5) is 11.9. The van der Waals surface area contributed by atoms with Crippen molar-refractivity contribution in [2.75, 3.05) is 13.2 Å². The lowest BCUT2D eigenvalue weighted by Gasteiger charge is -2.14. The molecule has 22 heavy (non-hydrogen) atoms. The van der Waals surface area contributed by atoms with Crippen LogP contribution in [0, 0.1) is 13.8 Å². The summed E-state index contributed by atoms with van der Waals surface area (Å²) in [6.45, 7) is 4.08. The molecule has 1 heterocycles. The highest BCUT2D eigenvalue weighted by Crippen LogP contribution is 2.16. The van der Waals surface area contributed by atoms with Crippen molar-refractivity contribution < 1.29 is 19.1 Å². The van der Waals surface area contributed by atoms with E-state index in [0.717, 1.165) is 16.9 Å². The molecular weight excluding hydrogens is 282 g/mol. The van der Waals surface area contributed by atoms with Crippen LogP contribution in [0.1, 0.15) is 29.3 Å². The van der Waals surface area contributed by atoms with Crippen molar-refractivity contribution in [3.63, 3.8) is 0 Å². The highest BCUT2D eigenvalue weighted by molar-refractivity contribution is 5.76. The minimum absolute atomic E-state index is 0.195. The summed E-state index contributed by atoms with van der Waals surface area (Å²) in [5.41, 5.74) is 2.25. The van der Waals surface area contributed by atoms with Gasteiger partial charge in [-0.05, 0) is 49.2 Å². The number of rotatable bonds is 7. The lowest BCUT2D eigenvalue weighted by molar-refractivity contribution is -0.122. The van der Waals surface area contributed by atoms with Crippen LogP contribution in [-0.2, 0) is 4.79 Å². The molecule has 1 unspecified atom stereocenters. The van der Waals surface area contributed by atoms with Crippen molar-refractivity contribution in [3.05, 3.63) is 53.5 Å². The highest BCUT2D eigenvalue weighted by atomic mass is 16.5. The zero-order valence-electron chi connectivity index (χ0n) is 12.8. The van der Waals surface area contributed by atoms with Gasteiger partial charge in [0.1, 0.15) is 17.6 Å². The van der Waals surface area contributed by atoms with Crippen LogP contribution in [0.15, 0.2) is 41.0 Å². The first-order valence-corrected chi connectivity index (χ1v) is 7.23. The van der Waals surface area contributed by atoms with E-state index in [-0.39, 0.29) is 25.5 Å². The molecule has 2 aromatic rings.